The van der Waals surface area contributed by atoms with Gasteiger partial charge in [0, 0.05) is 13.6 Å². The second kappa shape index (κ2) is 5.00. The fourth-order valence-corrected chi connectivity index (χ4v) is 4.60. The van der Waals surface area contributed by atoms with Gasteiger partial charge in [-0.2, -0.15) is 4.31 Å². The first-order valence-electron chi connectivity index (χ1n) is 4.84. The van der Waals surface area contributed by atoms with Crippen molar-refractivity contribution >= 4 is 33.0 Å². The lowest BCUT2D eigenvalue weighted by Gasteiger charge is -2.18. The molecule has 0 saturated carbocycles. The third kappa shape index (κ3) is 2.94. The molecule has 0 amide bonds. The molecule has 0 saturated heterocycles. The smallest absolute Gasteiger partial charge is 0.229 e. The van der Waals surface area contributed by atoms with E-state index in [9.17, 15) is 8.42 Å². The second-order valence-electron chi connectivity index (χ2n) is 4.02. The van der Waals surface area contributed by atoms with E-state index in [0.717, 1.165) is 11.3 Å². The van der Waals surface area contributed by atoms with Crippen LogP contribution in [0.3, 0.4) is 0 Å². The summed E-state index contributed by atoms with van der Waals surface area (Å²) < 4.78 is 26.1. The monoisotopic (exact) mass is 282 g/mol. The normalized spacial score (nSPS) is 12.7. The zero-order chi connectivity index (χ0) is 12.5. The van der Waals surface area contributed by atoms with Crippen LogP contribution in [0.25, 0.3) is 0 Å². The summed E-state index contributed by atoms with van der Waals surface area (Å²) in [6.07, 6.45) is 0. The van der Waals surface area contributed by atoms with Gasteiger partial charge in [0.05, 0.1) is 5.69 Å². The number of hydrogen-bond acceptors (Lipinski definition) is 4. The molecule has 0 aliphatic carbocycles. The van der Waals surface area contributed by atoms with Crippen LogP contribution in [0.15, 0.2) is 4.21 Å². The highest BCUT2D eigenvalue weighted by Crippen LogP contribution is 2.28. The molecule has 7 heteroatoms. The Kier molecular flexibility index (Phi) is 4.34. The van der Waals surface area contributed by atoms with Crippen molar-refractivity contribution in [1.29, 1.82) is 0 Å². The van der Waals surface area contributed by atoms with Crippen molar-refractivity contribution in [2.45, 2.75) is 25.0 Å². The van der Waals surface area contributed by atoms with Gasteiger partial charge in [-0.3, -0.25) is 0 Å². The minimum Gasteiger partial charge on any atom is -0.229 e. The van der Waals surface area contributed by atoms with Crippen LogP contribution in [0.1, 0.15) is 19.5 Å². The van der Waals surface area contributed by atoms with Gasteiger partial charge in [0.2, 0.25) is 0 Å². The number of hydrogen-bond donors (Lipinski definition) is 0. The molecule has 4 nitrogen and oxygen atoms in total. The fraction of sp³-hybridized carbons (Fsp3) is 0.667. The SMILES string of the molecule is Cc1nc(Cl)sc1S(=O)(=O)N(C)CC(C)C. The van der Waals surface area contributed by atoms with Crippen molar-refractivity contribution in [2.24, 2.45) is 5.92 Å². The van der Waals surface area contributed by atoms with Gasteiger partial charge < -0.3 is 0 Å². The molecular formula is C9H15ClN2O2S2. The van der Waals surface area contributed by atoms with Crippen LogP contribution >= 0.6 is 22.9 Å². The van der Waals surface area contributed by atoms with Crippen molar-refractivity contribution in [3.8, 4) is 0 Å². The van der Waals surface area contributed by atoms with Crippen molar-refractivity contribution in [1.82, 2.24) is 9.29 Å². The van der Waals surface area contributed by atoms with Gasteiger partial charge in [0.25, 0.3) is 10.0 Å². The lowest BCUT2D eigenvalue weighted by atomic mass is 10.2. The Hall–Kier alpha value is -0.170. The molecule has 0 atom stereocenters. The molecule has 0 aromatic carbocycles. The van der Waals surface area contributed by atoms with Gasteiger partial charge >= 0.3 is 0 Å². The maximum Gasteiger partial charge on any atom is 0.254 e. The lowest BCUT2D eigenvalue weighted by molar-refractivity contribution is 0.418. The summed E-state index contributed by atoms with van der Waals surface area (Å²) in [5, 5.41) is 0. The molecule has 16 heavy (non-hydrogen) atoms. The Morgan fingerprint density at radius 2 is 2.06 bits per heavy atom. The van der Waals surface area contributed by atoms with Crippen LogP contribution in [0.5, 0.6) is 0 Å². The Balaban J connectivity index is 3.07. The molecule has 0 spiro atoms. The fourth-order valence-electron chi connectivity index (χ4n) is 1.34. The summed E-state index contributed by atoms with van der Waals surface area (Å²) in [5.74, 6) is 0.281. The number of nitrogens with zero attached hydrogens (tertiary/aromatic N) is 2. The molecular weight excluding hydrogens is 268 g/mol. The molecule has 0 bridgehead atoms. The zero-order valence-corrected chi connectivity index (χ0v) is 12.1. The molecule has 0 N–H and O–H groups in total. The van der Waals surface area contributed by atoms with E-state index in [4.69, 9.17) is 11.6 Å². The Morgan fingerprint density at radius 1 is 1.50 bits per heavy atom. The standard InChI is InChI=1S/C9H15ClN2O2S2/c1-6(2)5-12(4)16(13,14)8-7(3)11-9(10)15-8/h6H,5H2,1-4H3. The van der Waals surface area contributed by atoms with Gasteiger partial charge in [-0.1, -0.05) is 36.8 Å². The summed E-state index contributed by atoms with van der Waals surface area (Å²) in [5.41, 5.74) is 0.464. The first-order valence-corrected chi connectivity index (χ1v) is 7.48. The van der Waals surface area contributed by atoms with Crippen LogP contribution in [-0.2, 0) is 10.0 Å². The average Bonchev–Trinajstić information content (AvgIpc) is 2.44. The highest BCUT2D eigenvalue weighted by molar-refractivity contribution is 7.91. The molecule has 0 aliphatic heterocycles. The first kappa shape index (κ1) is 13.9. The van der Waals surface area contributed by atoms with E-state index in [1.807, 2.05) is 13.8 Å². The van der Waals surface area contributed by atoms with Crippen molar-refractivity contribution < 1.29 is 8.42 Å². The molecule has 0 radical (unpaired) electrons. The van der Waals surface area contributed by atoms with Gasteiger partial charge in [-0.25, -0.2) is 13.4 Å². The van der Waals surface area contributed by atoms with E-state index in [1.54, 1.807) is 14.0 Å². The summed E-state index contributed by atoms with van der Waals surface area (Å²) in [4.78, 5) is 3.92. The van der Waals surface area contributed by atoms with Crippen LogP contribution < -0.4 is 0 Å². The molecule has 0 fully saturated rings. The number of rotatable bonds is 4. The zero-order valence-electron chi connectivity index (χ0n) is 9.69. The van der Waals surface area contributed by atoms with E-state index >= 15 is 0 Å². The molecule has 1 rings (SSSR count). The molecule has 1 aromatic heterocycles. The first-order chi connectivity index (χ1) is 7.25. The number of sulfonamides is 1. The molecule has 1 heterocycles. The van der Waals surface area contributed by atoms with Gasteiger partial charge in [0.1, 0.15) is 0 Å². The topological polar surface area (TPSA) is 50.3 Å². The van der Waals surface area contributed by atoms with Crippen LogP contribution in [0, 0.1) is 12.8 Å². The number of aryl methyl sites for hydroxylation is 1. The Labute approximate surface area is 105 Å². The maximum atomic E-state index is 12.1. The van der Waals surface area contributed by atoms with E-state index < -0.39 is 10.0 Å². The summed E-state index contributed by atoms with van der Waals surface area (Å²) in [6.45, 7) is 6.08. The molecule has 0 unspecified atom stereocenters. The van der Waals surface area contributed by atoms with E-state index in [-0.39, 0.29) is 14.6 Å². The third-order valence-corrected chi connectivity index (χ3v) is 5.67. The van der Waals surface area contributed by atoms with Crippen molar-refractivity contribution in [3.63, 3.8) is 0 Å². The summed E-state index contributed by atoms with van der Waals surface area (Å²) >= 11 is 6.71. The van der Waals surface area contributed by atoms with Gasteiger partial charge in [-0.15, -0.1) is 0 Å². The molecule has 92 valence electrons. The van der Waals surface area contributed by atoms with Crippen LogP contribution in [0.4, 0.5) is 0 Å². The number of halogens is 1. The Morgan fingerprint density at radius 3 is 2.44 bits per heavy atom. The molecule has 0 aliphatic rings. The van der Waals surface area contributed by atoms with Crippen molar-refractivity contribution in [2.75, 3.05) is 13.6 Å². The molecule has 1 aromatic rings. The highest BCUT2D eigenvalue weighted by atomic mass is 35.5. The summed E-state index contributed by atoms with van der Waals surface area (Å²) in [7, 11) is -1.87. The minimum atomic E-state index is -3.44. The average molecular weight is 283 g/mol. The van der Waals surface area contributed by atoms with E-state index in [0.29, 0.717) is 12.2 Å². The predicted molar refractivity (Wildman–Crippen MR) is 66.5 cm³/mol. The van der Waals surface area contributed by atoms with Crippen molar-refractivity contribution in [3.05, 3.63) is 10.2 Å². The quantitative estimate of drug-likeness (QED) is 0.852. The second-order valence-corrected chi connectivity index (χ2v) is 7.84. The van der Waals surface area contributed by atoms with E-state index in [2.05, 4.69) is 4.98 Å². The number of aromatic nitrogens is 1. The highest BCUT2D eigenvalue weighted by Gasteiger charge is 2.26. The van der Waals surface area contributed by atoms with Crippen LogP contribution in [-0.4, -0.2) is 31.3 Å². The third-order valence-electron chi connectivity index (χ3n) is 1.99. The lowest BCUT2D eigenvalue weighted by Crippen LogP contribution is -2.30. The van der Waals surface area contributed by atoms with Crippen LogP contribution in [0.2, 0.25) is 4.47 Å². The minimum absolute atomic E-state index is 0.237. The number of thiazole rings is 1. The largest absolute Gasteiger partial charge is 0.254 e. The van der Waals surface area contributed by atoms with Gasteiger partial charge in [-0.05, 0) is 12.8 Å². The van der Waals surface area contributed by atoms with Gasteiger partial charge in [0.15, 0.2) is 8.68 Å². The summed E-state index contributed by atoms with van der Waals surface area (Å²) in [6, 6.07) is 0. The predicted octanol–water partition coefficient (Wildman–Crippen LogP) is 2.38. The van der Waals surface area contributed by atoms with E-state index in [1.165, 1.54) is 4.31 Å². The maximum absolute atomic E-state index is 12.1. The Bertz CT molecular complexity index is 468.